The Balaban J connectivity index is 0.970. The Kier molecular flexibility index (Phi) is 6.62. The second-order valence-electron chi connectivity index (χ2n) is 15.6. The summed E-state index contributed by atoms with van der Waals surface area (Å²) in [6.07, 6.45) is 0. The highest BCUT2D eigenvalue weighted by atomic mass is 16.6. The first-order valence-corrected chi connectivity index (χ1v) is 20.2. The molecule has 2 heterocycles. The minimum atomic E-state index is -0.610. The van der Waals surface area contributed by atoms with Crippen molar-refractivity contribution >= 4 is 34.1 Å². The number of hydrogen-bond donors (Lipinski definition) is 0. The summed E-state index contributed by atoms with van der Waals surface area (Å²) in [5, 5.41) is 0. The van der Waals surface area contributed by atoms with Gasteiger partial charge in [0, 0.05) is 16.9 Å². The van der Waals surface area contributed by atoms with E-state index in [4.69, 9.17) is 9.47 Å². The maximum atomic E-state index is 6.90. The van der Waals surface area contributed by atoms with Gasteiger partial charge in [-0.15, -0.1) is 0 Å². The molecule has 9 aromatic carbocycles. The van der Waals surface area contributed by atoms with E-state index < -0.39 is 5.41 Å². The molecule has 2 aliphatic carbocycles. The van der Waals surface area contributed by atoms with Gasteiger partial charge in [0.2, 0.25) is 0 Å². The average Bonchev–Trinajstić information content (AvgIpc) is 3.77. The summed E-state index contributed by atoms with van der Waals surface area (Å²) in [6.45, 7) is 0. The van der Waals surface area contributed by atoms with Crippen molar-refractivity contribution in [1.82, 2.24) is 0 Å². The summed E-state index contributed by atoms with van der Waals surface area (Å²) < 4.78 is 13.5. The van der Waals surface area contributed by atoms with Crippen LogP contribution in [0.1, 0.15) is 22.3 Å². The third kappa shape index (κ3) is 4.37. The van der Waals surface area contributed by atoms with E-state index in [1.165, 1.54) is 38.9 Å². The van der Waals surface area contributed by atoms with Crippen LogP contribution >= 0.6 is 0 Å². The van der Waals surface area contributed by atoms with E-state index in [1.54, 1.807) is 0 Å². The molecule has 13 rings (SSSR count). The number of nitrogens with zero attached hydrogens (tertiary/aromatic N) is 2. The van der Waals surface area contributed by atoms with Crippen LogP contribution in [0.25, 0.3) is 33.4 Å². The summed E-state index contributed by atoms with van der Waals surface area (Å²) in [4.78, 5) is 4.75. The van der Waals surface area contributed by atoms with Gasteiger partial charge >= 0.3 is 0 Å². The van der Waals surface area contributed by atoms with Crippen LogP contribution in [0, 0.1) is 0 Å². The number of para-hydroxylation sites is 7. The predicted molar refractivity (Wildman–Crippen MR) is 238 cm³/mol. The van der Waals surface area contributed by atoms with Gasteiger partial charge in [0.05, 0.1) is 28.2 Å². The number of ether oxygens (including phenoxy) is 2. The van der Waals surface area contributed by atoms with Crippen LogP contribution in [0.2, 0.25) is 0 Å². The Hall–Kier alpha value is -7.82. The molecule has 0 atom stereocenters. The van der Waals surface area contributed by atoms with Crippen molar-refractivity contribution in [2.24, 2.45) is 0 Å². The van der Waals surface area contributed by atoms with E-state index >= 15 is 0 Å². The SMILES string of the molecule is c1ccc(N2c3ccccc3N(c3ccc(-c4ccc5c(c4)C4(c6ccccc6-c6ccccc64)c4c-5ccc5c4Oc4ccccc4O5)cc3)c3ccccc32)cc1. The molecule has 59 heavy (non-hydrogen) atoms. The maximum Gasteiger partial charge on any atom is 0.175 e. The van der Waals surface area contributed by atoms with Crippen molar-refractivity contribution in [2.45, 2.75) is 5.41 Å². The van der Waals surface area contributed by atoms with Gasteiger partial charge in [0.1, 0.15) is 0 Å². The summed E-state index contributed by atoms with van der Waals surface area (Å²) >= 11 is 0. The Morgan fingerprint density at radius 1 is 0.322 bits per heavy atom. The summed E-state index contributed by atoms with van der Waals surface area (Å²) in [5.41, 5.74) is 18.3. The average molecular weight is 755 g/mol. The largest absolute Gasteiger partial charge is 0.450 e. The van der Waals surface area contributed by atoms with E-state index in [-0.39, 0.29) is 0 Å². The van der Waals surface area contributed by atoms with Crippen molar-refractivity contribution < 1.29 is 9.47 Å². The lowest BCUT2D eigenvalue weighted by Gasteiger charge is -2.40. The van der Waals surface area contributed by atoms with Crippen LogP contribution in [0.4, 0.5) is 34.1 Å². The number of hydrogen-bond acceptors (Lipinski definition) is 4. The predicted octanol–water partition coefficient (Wildman–Crippen LogP) is 14.8. The van der Waals surface area contributed by atoms with Crippen molar-refractivity contribution in [1.29, 1.82) is 0 Å². The van der Waals surface area contributed by atoms with Gasteiger partial charge in [0.25, 0.3) is 0 Å². The van der Waals surface area contributed by atoms with Gasteiger partial charge in [-0.2, -0.15) is 0 Å². The van der Waals surface area contributed by atoms with Gasteiger partial charge in [0.15, 0.2) is 23.0 Å². The Labute approximate surface area is 342 Å². The van der Waals surface area contributed by atoms with E-state index in [0.717, 1.165) is 73.8 Å². The maximum absolute atomic E-state index is 6.90. The van der Waals surface area contributed by atoms with Crippen LogP contribution in [-0.2, 0) is 5.41 Å². The topological polar surface area (TPSA) is 24.9 Å². The zero-order valence-electron chi connectivity index (χ0n) is 31.8. The Morgan fingerprint density at radius 2 is 0.797 bits per heavy atom. The Bertz CT molecular complexity index is 3100. The number of fused-ring (bicyclic) bond motifs is 15. The molecular weight excluding hydrogens is 721 g/mol. The number of anilines is 6. The fourth-order valence-corrected chi connectivity index (χ4v) is 10.3. The minimum absolute atomic E-state index is 0.610. The second-order valence-corrected chi connectivity index (χ2v) is 15.6. The zero-order valence-corrected chi connectivity index (χ0v) is 31.8. The number of benzene rings is 9. The molecule has 4 heteroatoms. The highest BCUT2D eigenvalue weighted by Crippen LogP contribution is 2.67. The van der Waals surface area contributed by atoms with Gasteiger partial charge < -0.3 is 19.3 Å². The Morgan fingerprint density at radius 3 is 1.42 bits per heavy atom. The number of rotatable bonds is 3. The van der Waals surface area contributed by atoms with Crippen LogP contribution in [-0.4, -0.2) is 0 Å². The molecule has 0 bridgehead atoms. The molecule has 0 N–H and O–H groups in total. The lowest BCUT2D eigenvalue weighted by atomic mass is 9.70. The smallest absolute Gasteiger partial charge is 0.175 e. The normalized spacial score (nSPS) is 14.1. The molecule has 0 saturated heterocycles. The van der Waals surface area contributed by atoms with Crippen molar-refractivity contribution in [2.75, 3.05) is 9.80 Å². The fourth-order valence-electron chi connectivity index (χ4n) is 10.3. The lowest BCUT2D eigenvalue weighted by molar-refractivity contribution is 0.354. The fraction of sp³-hybridized carbons (Fsp3) is 0.0182. The van der Waals surface area contributed by atoms with Gasteiger partial charge in [-0.1, -0.05) is 133 Å². The van der Waals surface area contributed by atoms with E-state index in [1.807, 2.05) is 24.3 Å². The van der Waals surface area contributed by atoms with Gasteiger partial charge in [-0.3, -0.25) is 0 Å². The van der Waals surface area contributed by atoms with E-state index in [9.17, 15) is 0 Å². The molecule has 276 valence electrons. The molecule has 0 aromatic heterocycles. The molecule has 0 unspecified atom stereocenters. The first-order chi connectivity index (χ1) is 29.3. The zero-order chi connectivity index (χ0) is 38.7. The summed E-state index contributed by atoms with van der Waals surface area (Å²) in [5.74, 6) is 2.97. The van der Waals surface area contributed by atoms with Crippen molar-refractivity contribution in [3.63, 3.8) is 0 Å². The van der Waals surface area contributed by atoms with Crippen LogP contribution in [0.3, 0.4) is 0 Å². The van der Waals surface area contributed by atoms with Crippen molar-refractivity contribution in [3.05, 3.63) is 229 Å². The summed E-state index contributed by atoms with van der Waals surface area (Å²) in [6, 6.07) is 74.1. The third-order valence-corrected chi connectivity index (χ3v) is 12.6. The summed E-state index contributed by atoms with van der Waals surface area (Å²) in [7, 11) is 0. The molecular formula is C55H34N2O2. The standard InChI is InChI=1S/C55H34N2O2/c1-2-14-37(15-3-1)56-46-20-8-10-22-48(46)57(49-23-11-9-21-47(49)56)38-29-26-35(27-30-38)36-28-31-41-42-32-33-52-54(59-51-25-13-12-24-50(51)58-52)53(42)55(45(41)34-36)43-18-6-4-16-39(43)40-17-5-7-19-44(40)55/h1-34H. The first-order valence-electron chi connectivity index (χ1n) is 20.2. The lowest BCUT2D eigenvalue weighted by Crippen LogP contribution is -2.27. The molecule has 1 spiro atoms. The van der Waals surface area contributed by atoms with Crippen LogP contribution < -0.4 is 19.3 Å². The highest BCUT2D eigenvalue weighted by molar-refractivity contribution is 6.02. The molecule has 0 amide bonds. The molecule has 4 nitrogen and oxygen atoms in total. The molecule has 0 saturated carbocycles. The second kappa shape index (κ2) is 12.1. The van der Waals surface area contributed by atoms with Crippen LogP contribution in [0.5, 0.6) is 23.0 Å². The van der Waals surface area contributed by atoms with E-state index in [0.29, 0.717) is 0 Å². The third-order valence-electron chi connectivity index (χ3n) is 12.6. The molecule has 0 fully saturated rings. The molecule has 2 aliphatic heterocycles. The quantitative estimate of drug-likeness (QED) is 0.179. The van der Waals surface area contributed by atoms with Gasteiger partial charge in [-0.05, 0) is 123 Å². The molecule has 0 radical (unpaired) electrons. The first kappa shape index (κ1) is 32.3. The monoisotopic (exact) mass is 754 g/mol. The molecule has 9 aromatic rings. The van der Waals surface area contributed by atoms with Crippen LogP contribution in [0.15, 0.2) is 206 Å². The van der Waals surface area contributed by atoms with Crippen molar-refractivity contribution in [3.8, 4) is 56.4 Å². The minimum Gasteiger partial charge on any atom is -0.450 e. The molecule has 4 aliphatic rings. The van der Waals surface area contributed by atoms with Gasteiger partial charge in [-0.25, -0.2) is 0 Å². The highest BCUT2D eigenvalue weighted by Gasteiger charge is 2.54. The van der Waals surface area contributed by atoms with E-state index in [2.05, 4.69) is 192 Å².